The third-order valence-electron chi connectivity index (χ3n) is 2.50. The lowest BCUT2D eigenvalue weighted by molar-refractivity contribution is 0.0691. The zero-order valence-electron chi connectivity index (χ0n) is 9.62. The van der Waals surface area contributed by atoms with E-state index in [0.717, 1.165) is 6.07 Å². The normalized spacial score (nSPS) is 10.6. The summed E-state index contributed by atoms with van der Waals surface area (Å²) in [4.78, 5) is 14.5. The van der Waals surface area contributed by atoms with Crippen LogP contribution in [0.3, 0.4) is 0 Å². The van der Waals surface area contributed by atoms with E-state index in [0.29, 0.717) is 0 Å². The predicted octanol–water partition coefficient (Wildman–Crippen LogP) is 3.61. The van der Waals surface area contributed by atoms with E-state index in [1.54, 1.807) is 0 Å². The van der Waals surface area contributed by atoms with Gasteiger partial charge < -0.3 is 10.8 Å². The monoisotopic (exact) mass is 318 g/mol. The van der Waals surface area contributed by atoms with Gasteiger partial charge in [0, 0.05) is 10.6 Å². The zero-order chi connectivity index (χ0) is 15.0. The molecule has 0 bridgehead atoms. The number of carboxylic acids is 1. The maximum Gasteiger partial charge on any atom is 0.356 e. The molecule has 0 aliphatic heterocycles. The Bertz CT molecular complexity index is 723. The lowest BCUT2D eigenvalue weighted by Gasteiger charge is -2.10. The van der Waals surface area contributed by atoms with Crippen LogP contribution >= 0.6 is 23.2 Å². The highest BCUT2D eigenvalue weighted by Crippen LogP contribution is 2.33. The average Bonchev–Trinajstić information content (AvgIpc) is 2.37. The Morgan fingerprint density at radius 3 is 2.50 bits per heavy atom. The van der Waals surface area contributed by atoms with Crippen molar-refractivity contribution in [1.29, 1.82) is 0 Å². The number of nitrogens with zero attached hydrogens (tertiary/aromatic N) is 1. The Morgan fingerprint density at radius 1 is 1.30 bits per heavy atom. The Labute approximate surface area is 121 Å². The molecule has 0 amide bonds. The number of carbonyl (C=O) groups is 1. The molecule has 0 unspecified atom stereocenters. The number of hydrogen-bond acceptors (Lipinski definition) is 3. The summed E-state index contributed by atoms with van der Waals surface area (Å²) in [6, 6.07) is 3.43. The fraction of sp³-hybridized carbons (Fsp3) is 0. The molecule has 0 fully saturated rings. The first-order chi connectivity index (χ1) is 9.32. The Morgan fingerprint density at radius 2 is 1.95 bits per heavy atom. The quantitative estimate of drug-likeness (QED) is 0.886. The molecule has 1 heterocycles. The van der Waals surface area contributed by atoms with Crippen molar-refractivity contribution in [3.8, 4) is 11.3 Å². The summed E-state index contributed by atoms with van der Waals surface area (Å²) >= 11 is 11.2. The first kappa shape index (κ1) is 14.5. The summed E-state index contributed by atoms with van der Waals surface area (Å²) in [7, 11) is 0. The number of nitrogen functional groups attached to an aromatic ring is 1. The summed E-state index contributed by atoms with van der Waals surface area (Å²) < 4.78 is 27.8. The molecule has 104 valence electrons. The number of pyridine rings is 1. The van der Waals surface area contributed by atoms with E-state index in [-0.39, 0.29) is 10.6 Å². The highest BCUT2D eigenvalue weighted by Gasteiger charge is 2.23. The van der Waals surface area contributed by atoms with E-state index < -0.39 is 39.7 Å². The van der Waals surface area contributed by atoms with Gasteiger partial charge in [-0.2, -0.15) is 0 Å². The van der Waals surface area contributed by atoms with Crippen molar-refractivity contribution in [1.82, 2.24) is 4.98 Å². The molecule has 20 heavy (non-hydrogen) atoms. The number of rotatable bonds is 2. The Balaban J connectivity index is 2.77. The highest BCUT2D eigenvalue weighted by molar-refractivity contribution is 6.35. The molecule has 1 aromatic heterocycles. The van der Waals surface area contributed by atoms with Gasteiger partial charge in [-0.25, -0.2) is 18.6 Å². The zero-order valence-corrected chi connectivity index (χ0v) is 11.1. The number of aromatic carboxylic acids is 1. The summed E-state index contributed by atoms with van der Waals surface area (Å²) in [5.41, 5.74) is 3.31. The molecule has 3 N–H and O–H groups in total. The molecule has 0 aliphatic carbocycles. The van der Waals surface area contributed by atoms with Crippen LogP contribution in [0.25, 0.3) is 11.3 Å². The first-order valence-electron chi connectivity index (χ1n) is 5.16. The lowest BCUT2D eigenvalue weighted by Crippen LogP contribution is -2.08. The molecular formula is C12H6Cl2F2N2O2. The summed E-state index contributed by atoms with van der Waals surface area (Å²) in [5.74, 6) is -3.46. The molecule has 0 saturated carbocycles. The van der Waals surface area contributed by atoms with Crippen molar-refractivity contribution in [2.24, 2.45) is 0 Å². The number of aromatic nitrogens is 1. The summed E-state index contributed by atoms with van der Waals surface area (Å²) in [6.45, 7) is 0. The Kier molecular flexibility index (Phi) is 3.78. The molecule has 4 nitrogen and oxygen atoms in total. The van der Waals surface area contributed by atoms with Crippen LogP contribution in [0.2, 0.25) is 10.0 Å². The summed E-state index contributed by atoms with van der Waals surface area (Å²) in [5, 5.41) is 8.50. The van der Waals surface area contributed by atoms with Gasteiger partial charge in [-0.05, 0) is 18.2 Å². The molecule has 2 rings (SSSR count). The van der Waals surface area contributed by atoms with Crippen molar-refractivity contribution >= 4 is 34.9 Å². The van der Waals surface area contributed by atoms with Crippen molar-refractivity contribution in [2.45, 2.75) is 0 Å². The van der Waals surface area contributed by atoms with E-state index in [1.807, 2.05) is 0 Å². The topological polar surface area (TPSA) is 76.2 Å². The van der Waals surface area contributed by atoms with E-state index in [4.69, 9.17) is 34.0 Å². The minimum atomic E-state index is -1.50. The standard InChI is InChI=1S/C12H6Cl2F2N2O2/c13-4-1-2-5(6(15)3-4)10-8(16)9(17)7(14)11(18-10)12(19)20/h1-3H,(H2,17,18)(H,19,20). The maximum absolute atomic E-state index is 14.0. The molecule has 1 aromatic carbocycles. The van der Waals surface area contributed by atoms with Gasteiger partial charge in [0.2, 0.25) is 0 Å². The number of benzene rings is 1. The van der Waals surface area contributed by atoms with Crippen LogP contribution in [-0.4, -0.2) is 16.1 Å². The molecular weight excluding hydrogens is 313 g/mol. The fourth-order valence-electron chi connectivity index (χ4n) is 1.56. The van der Waals surface area contributed by atoms with Crippen LogP contribution in [0.1, 0.15) is 10.5 Å². The largest absolute Gasteiger partial charge is 0.476 e. The van der Waals surface area contributed by atoms with Gasteiger partial charge in [-0.3, -0.25) is 0 Å². The van der Waals surface area contributed by atoms with Crippen LogP contribution in [0, 0.1) is 11.6 Å². The van der Waals surface area contributed by atoms with E-state index >= 15 is 0 Å². The van der Waals surface area contributed by atoms with Crippen LogP contribution < -0.4 is 5.73 Å². The minimum absolute atomic E-state index is 0.104. The van der Waals surface area contributed by atoms with Crippen LogP contribution in [0.5, 0.6) is 0 Å². The smallest absolute Gasteiger partial charge is 0.356 e. The molecule has 0 spiro atoms. The van der Waals surface area contributed by atoms with Gasteiger partial charge in [0.25, 0.3) is 0 Å². The first-order valence-corrected chi connectivity index (χ1v) is 5.91. The second-order valence-electron chi connectivity index (χ2n) is 3.78. The van der Waals surface area contributed by atoms with E-state index in [1.165, 1.54) is 12.1 Å². The molecule has 2 aromatic rings. The Hall–Kier alpha value is -1.92. The average molecular weight is 319 g/mol. The molecule has 0 atom stereocenters. The fourth-order valence-corrected chi connectivity index (χ4v) is 1.93. The molecule has 0 aliphatic rings. The summed E-state index contributed by atoms with van der Waals surface area (Å²) in [6.07, 6.45) is 0. The van der Waals surface area contributed by atoms with Crippen molar-refractivity contribution in [3.05, 3.63) is 45.6 Å². The van der Waals surface area contributed by atoms with Gasteiger partial charge >= 0.3 is 5.97 Å². The lowest BCUT2D eigenvalue weighted by atomic mass is 10.1. The van der Waals surface area contributed by atoms with Gasteiger partial charge in [0.15, 0.2) is 11.5 Å². The highest BCUT2D eigenvalue weighted by atomic mass is 35.5. The van der Waals surface area contributed by atoms with Crippen molar-refractivity contribution in [3.63, 3.8) is 0 Å². The SMILES string of the molecule is Nc1c(F)c(-c2ccc(Cl)cc2F)nc(C(=O)O)c1Cl. The van der Waals surface area contributed by atoms with Crippen LogP contribution in [0.15, 0.2) is 18.2 Å². The van der Waals surface area contributed by atoms with Crippen molar-refractivity contribution in [2.75, 3.05) is 5.73 Å². The minimum Gasteiger partial charge on any atom is -0.476 e. The van der Waals surface area contributed by atoms with Crippen molar-refractivity contribution < 1.29 is 18.7 Å². The van der Waals surface area contributed by atoms with E-state index in [2.05, 4.69) is 4.98 Å². The van der Waals surface area contributed by atoms with Crippen LogP contribution in [0.4, 0.5) is 14.5 Å². The van der Waals surface area contributed by atoms with Gasteiger partial charge in [0.1, 0.15) is 11.5 Å². The maximum atomic E-state index is 14.0. The number of carboxylic acid groups (broad SMARTS) is 1. The number of anilines is 1. The third kappa shape index (κ3) is 2.39. The van der Waals surface area contributed by atoms with Crippen LogP contribution in [-0.2, 0) is 0 Å². The second-order valence-corrected chi connectivity index (χ2v) is 4.59. The number of nitrogens with two attached hydrogens (primary N) is 1. The molecule has 0 saturated heterocycles. The number of halogens is 4. The van der Waals surface area contributed by atoms with E-state index in [9.17, 15) is 13.6 Å². The number of hydrogen-bond donors (Lipinski definition) is 2. The second kappa shape index (κ2) is 5.22. The molecule has 8 heteroatoms. The van der Waals surface area contributed by atoms with Gasteiger partial charge in [0.05, 0.1) is 10.7 Å². The predicted molar refractivity (Wildman–Crippen MR) is 71.0 cm³/mol. The third-order valence-corrected chi connectivity index (χ3v) is 3.12. The molecule has 0 radical (unpaired) electrons. The van der Waals surface area contributed by atoms with Gasteiger partial charge in [-0.1, -0.05) is 23.2 Å². The van der Waals surface area contributed by atoms with Gasteiger partial charge in [-0.15, -0.1) is 0 Å².